The SMILES string of the molecule is c1ccc(-c2ccc3[nH]c4ccc5oc6ccccc6c5c4c3c2)cc1. The molecule has 2 heteroatoms. The van der Waals surface area contributed by atoms with Crippen molar-refractivity contribution >= 4 is 43.7 Å². The van der Waals surface area contributed by atoms with Crippen LogP contribution in [0.4, 0.5) is 0 Å². The molecular weight excluding hydrogens is 318 g/mol. The summed E-state index contributed by atoms with van der Waals surface area (Å²) in [4.78, 5) is 3.56. The zero-order valence-corrected chi connectivity index (χ0v) is 14.0. The highest BCUT2D eigenvalue weighted by Gasteiger charge is 2.14. The van der Waals surface area contributed by atoms with Gasteiger partial charge in [0.1, 0.15) is 11.2 Å². The molecule has 0 unspecified atom stereocenters. The van der Waals surface area contributed by atoms with Gasteiger partial charge in [0, 0.05) is 32.6 Å². The van der Waals surface area contributed by atoms with Crippen LogP contribution < -0.4 is 0 Å². The highest BCUT2D eigenvalue weighted by molar-refractivity contribution is 6.26. The molecule has 2 heterocycles. The van der Waals surface area contributed by atoms with Gasteiger partial charge in [0.15, 0.2) is 0 Å². The first-order valence-corrected chi connectivity index (χ1v) is 8.79. The van der Waals surface area contributed by atoms with Crippen LogP contribution in [0.3, 0.4) is 0 Å². The van der Waals surface area contributed by atoms with Gasteiger partial charge in [-0.15, -0.1) is 0 Å². The lowest BCUT2D eigenvalue weighted by atomic mass is 10.0. The summed E-state index contributed by atoms with van der Waals surface area (Å²) in [5.74, 6) is 0. The van der Waals surface area contributed by atoms with Crippen molar-refractivity contribution in [1.29, 1.82) is 0 Å². The van der Waals surface area contributed by atoms with E-state index in [1.165, 1.54) is 32.7 Å². The van der Waals surface area contributed by atoms with E-state index in [2.05, 4.69) is 77.8 Å². The van der Waals surface area contributed by atoms with Crippen LogP contribution in [-0.2, 0) is 0 Å². The zero-order valence-electron chi connectivity index (χ0n) is 14.0. The molecule has 122 valence electrons. The summed E-state index contributed by atoms with van der Waals surface area (Å²) in [5, 5.41) is 4.83. The van der Waals surface area contributed by atoms with Crippen LogP contribution in [0.1, 0.15) is 0 Å². The minimum atomic E-state index is 0.934. The van der Waals surface area contributed by atoms with E-state index < -0.39 is 0 Å². The molecule has 0 radical (unpaired) electrons. The molecule has 0 saturated heterocycles. The van der Waals surface area contributed by atoms with Gasteiger partial charge in [-0.05, 0) is 41.5 Å². The molecule has 0 aliphatic heterocycles. The molecule has 1 N–H and O–H groups in total. The maximum absolute atomic E-state index is 6.08. The molecule has 6 rings (SSSR count). The van der Waals surface area contributed by atoms with Gasteiger partial charge in [0.2, 0.25) is 0 Å². The van der Waals surface area contributed by atoms with Crippen molar-refractivity contribution in [1.82, 2.24) is 4.98 Å². The summed E-state index contributed by atoms with van der Waals surface area (Å²) in [6.07, 6.45) is 0. The van der Waals surface area contributed by atoms with Gasteiger partial charge in [-0.3, -0.25) is 0 Å². The summed E-state index contributed by atoms with van der Waals surface area (Å²) in [6.45, 7) is 0. The fourth-order valence-electron chi connectivity index (χ4n) is 4.02. The lowest BCUT2D eigenvalue weighted by Crippen LogP contribution is -1.77. The Bertz CT molecular complexity index is 1420. The molecule has 0 amide bonds. The van der Waals surface area contributed by atoms with Gasteiger partial charge in [0.05, 0.1) is 0 Å². The number of aromatic nitrogens is 1. The Labute approximate surface area is 149 Å². The monoisotopic (exact) mass is 333 g/mol. The molecule has 4 aromatic carbocycles. The van der Waals surface area contributed by atoms with Crippen LogP contribution in [0.2, 0.25) is 0 Å². The molecule has 0 spiro atoms. The maximum Gasteiger partial charge on any atom is 0.136 e. The normalized spacial score (nSPS) is 11.8. The molecule has 0 saturated carbocycles. The minimum Gasteiger partial charge on any atom is -0.456 e. The number of aromatic amines is 1. The summed E-state index contributed by atoms with van der Waals surface area (Å²) in [7, 11) is 0. The Hall–Kier alpha value is -3.52. The maximum atomic E-state index is 6.08. The average molecular weight is 333 g/mol. The summed E-state index contributed by atoms with van der Waals surface area (Å²) in [6, 6.07) is 29.6. The highest BCUT2D eigenvalue weighted by atomic mass is 16.3. The molecule has 0 aliphatic carbocycles. The average Bonchev–Trinajstić information content (AvgIpc) is 3.25. The first-order valence-electron chi connectivity index (χ1n) is 8.79. The molecule has 0 aliphatic rings. The number of hydrogen-bond donors (Lipinski definition) is 1. The van der Waals surface area contributed by atoms with E-state index in [1.54, 1.807) is 0 Å². The topological polar surface area (TPSA) is 28.9 Å². The summed E-state index contributed by atoms with van der Waals surface area (Å²) >= 11 is 0. The number of fused-ring (bicyclic) bond motifs is 7. The molecule has 0 bridgehead atoms. The third kappa shape index (κ3) is 1.81. The smallest absolute Gasteiger partial charge is 0.136 e. The number of para-hydroxylation sites is 1. The lowest BCUT2D eigenvalue weighted by molar-refractivity contribution is 0.669. The lowest BCUT2D eigenvalue weighted by Gasteiger charge is -2.02. The predicted octanol–water partition coefficient (Wildman–Crippen LogP) is 6.89. The van der Waals surface area contributed by atoms with Crippen molar-refractivity contribution in [3.8, 4) is 11.1 Å². The fraction of sp³-hybridized carbons (Fsp3) is 0. The van der Waals surface area contributed by atoms with Crippen LogP contribution in [0, 0.1) is 0 Å². The van der Waals surface area contributed by atoms with E-state index >= 15 is 0 Å². The zero-order chi connectivity index (χ0) is 17.1. The van der Waals surface area contributed by atoms with Crippen molar-refractivity contribution in [2.24, 2.45) is 0 Å². The Morgan fingerprint density at radius 3 is 2.27 bits per heavy atom. The van der Waals surface area contributed by atoms with Gasteiger partial charge in [-0.2, -0.15) is 0 Å². The third-order valence-corrected chi connectivity index (χ3v) is 5.21. The van der Waals surface area contributed by atoms with Crippen molar-refractivity contribution in [3.63, 3.8) is 0 Å². The Kier molecular flexibility index (Phi) is 2.64. The number of rotatable bonds is 1. The largest absolute Gasteiger partial charge is 0.456 e. The van der Waals surface area contributed by atoms with E-state index in [9.17, 15) is 0 Å². The number of nitrogens with one attached hydrogen (secondary N) is 1. The predicted molar refractivity (Wildman–Crippen MR) is 109 cm³/mol. The first kappa shape index (κ1) is 13.7. The van der Waals surface area contributed by atoms with Crippen LogP contribution in [0.15, 0.2) is 89.3 Å². The van der Waals surface area contributed by atoms with Gasteiger partial charge in [0.25, 0.3) is 0 Å². The van der Waals surface area contributed by atoms with Crippen molar-refractivity contribution < 1.29 is 4.42 Å². The fourth-order valence-corrected chi connectivity index (χ4v) is 4.02. The van der Waals surface area contributed by atoms with Gasteiger partial charge in [-0.1, -0.05) is 54.6 Å². The second-order valence-electron chi connectivity index (χ2n) is 6.71. The molecule has 0 atom stereocenters. The van der Waals surface area contributed by atoms with Gasteiger partial charge < -0.3 is 9.40 Å². The standard InChI is InChI=1S/C24H15NO/c1-2-6-15(7-3-1)16-10-11-19-18(14-16)23-20(25-19)12-13-22-24(23)17-8-4-5-9-21(17)26-22/h1-14,25H. The number of benzene rings is 4. The Balaban J connectivity index is 1.79. The van der Waals surface area contributed by atoms with Gasteiger partial charge >= 0.3 is 0 Å². The summed E-state index contributed by atoms with van der Waals surface area (Å²) in [5.41, 5.74) is 6.62. The quantitative estimate of drug-likeness (QED) is 0.349. The molecule has 26 heavy (non-hydrogen) atoms. The van der Waals surface area contributed by atoms with Gasteiger partial charge in [-0.25, -0.2) is 0 Å². The van der Waals surface area contributed by atoms with Crippen molar-refractivity contribution in [2.45, 2.75) is 0 Å². The van der Waals surface area contributed by atoms with Crippen LogP contribution >= 0.6 is 0 Å². The van der Waals surface area contributed by atoms with E-state index in [4.69, 9.17) is 4.42 Å². The second kappa shape index (κ2) is 4.99. The number of hydrogen-bond acceptors (Lipinski definition) is 1. The van der Waals surface area contributed by atoms with E-state index in [0.29, 0.717) is 0 Å². The van der Waals surface area contributed by atoms with E-state index in [0.717, 1.165) is 22.2 Å². The highest BCUT2D eigenvalue weighted by Crippen LogP contribution is 2.39. The Morgan fingerprint density at radius 2 is 1.35 bits per heavy atom. The molecule has 0 fully saturated rings. The van der Waals surface area contributed by atoms with E-state index in [1.807, 2.05) is 12.1 Å². The minimum absolute atomic E-state index is 0.934. The van der Waals surface area contributed by atoms with Crippen LogP contribution in [-0.4, -0.2) is 4.98 Å². The number of furan rings is 1. The molecular formula is C24H15NO. The third-order valence-electron chi connectivity index (χ3n) is 5.21. The van der Waals surface area contributed by atoms with Crippen LogP contribution in [0.5, 0.6) is 0 Å². The van der Waals surface area contributed by atoms with Crippen molar-refractivity contribution in [3.05, 3.63) is 84.9 Å². The summed E-state index contributed by atoms with van der Waals surface area (Å²) < 4.78 is 6.08. The molecule has 2 aromatic heterocycles. The first-order chi connectivity index (χ1) is 12.9. The van der Waals surface area contributed by atoms with Crippen molar-refractivity contribution in [2.75, 3.05) is 0 Å². The Morgan fingerprint density at radius 1 is 0.538 bits per heavy atom. The van der Waals surface area contributed by atoms with Crippen LogP contribution in [0.25, 0.3) is 54.9 Å². The van der Waals surface area contributed by atoms with E-state index in [-0.39, 0.29) is 0 Å². The molecule has 6 aromatic rings. The number of H-pyrrole nitrogens is 1. The molecule has 2 nitrogen and oxygen atoms in total. The second-order valence-corrected chi connectivity index (χ2v) is 6.71.